The van der Waals surface area contributed by atoms with Crippen molar-refractivity contribution >= 4 is 27.3 Å². The summed E-state index contributed by atoms with van der Waals surface area (Å²) >= 11 is 5.27. The smallest absolute Gasteiger partial charge is 0.124 e. The van der Waals surface area contributed by atoms with Gasteiger partial charge in [0.05, 0.1) is 4.88 Å². The van der Waals surface area contributed by atoms with Gasteiger partial charge in [-0.3, -0.25) is 0 Å². The van der Waals surface area contributed by atoms with Gasteiger partial charge in [-0.2, -0.15) is 0 Å². The van der Waals surface area contributed by atoms with Crippen molar-refractivity contribution in [3.8, 4) is 5.75 Å². The Balaban J connectivity index is 1.75. The molecule has 112 valence electrons. The van der Waals surface area contributed by atoms with Crippen molar-refractivity contribution in [2.24, 2.45) is 0 Å². The van der Waals surface area contributed by atoms with Crippen LogP contribution in [0.2, 0.25) is 0 Å². The van der Waals surface area contributed by atoms with Crippen LogP contribution < -0.4 is 10.1 Å². The number of fused-ring (bicyclic) bond motifs is 1. The predicted octanol–water partition coefficient (Wildman–Crippen LogP) is 5.08. The van der Waals surface area contributed by atoms with E-state index in [1.165, 1.54) is 35.3 Å². The van der Waals surface area contributed by atoms with E-state index in [0.29, 0.717) is 12.6 Å². The van der Waals surface area contributed by atoms with Gasteiger partial charge >= 0.3 is 0 Å². The minimum absolute atomic E-state index is 0.482. The minimum atomic E-state index is 0.482. The lowest BCUT2D eigenvalue weighted by Crippen LogP contribution is -2.24. The summed E-state index contributed by atoms with van der Waals surface area (Å²) < 4.78 is 7.11. The third-order valence-electron chi connectivity index (χ3n) is 3.94. The number of rotatable bonds is 5. The van der Waals surface area contributed by atoms with Crippen LogP contribution in [-0.4, -0.2) is 6.54 Å². The first kappa shape index (κ1) is 15.1. The van der Waals surface area contributed by atoms with Crippen LogP contribution in [0, 0.1) is 0 Å². The van der Waals surface area contributed by atoms with Crippen LogP contribution in [0.3, 0.4) is 0 Å². The van der Waals surface area contributed by atoms with E-state index in [1.54, 1.807) is 11.3 Å². The summed E-state index contributed by atoms with van der Waals surface area (Å²) in [5.74, 6) is 0.971. The average molecular weight is 366 g/mol. The summed E-state index contributed by atoms with van der Waals surface area (Å²) in [6.45, 7) is 3.81. The molecule has 1 aromatic carbocycles. The van der Waals surface area contributed by atoms with E-state index >= 15 is 0 Å². The summed E-state index contributed by atoms with van der Waals surface area (Å²) in [4.78, 5) is 1.23. The maximum atomic E-state index is 5.98. The zero-order valence-corrected chi connectivity index (χ0v) is 14.6. The molecule has 1 atom stereocenters. The van der Waals surface area contributed by atoms with E-state index in [2.05, 4.69) is 57.8 Å². The number of ether oxygens (including phenoxy) is 1. The van der Waals surface area contributed by atoms with Gasteiger partial charge in [-0.15, -0.1) is 11.3 Å². The molecule has 0 saturated carbocycles. The molecule has 1 aliphatic carbocycles. The molecule has 0 saturated heterocycles. The van der Waals surface area contributed by atoms with Crippen LogP contribution >= 0.6 is 27.3 Å². The summed E-state index contributed by atoms with van der Waals surface area (Å²) in [5.41, 5.74) is 2.89. The maximum absolute atomic E-state index is 5.98. The van der Waals surface area contributed by atoms with E-state index in [1.807, 2.05) is 0 Å². The lowest BCUT2D eigenvalue weighted by molar-refractivity contribution is 0.308. The fraction of sp³-hybridized carbons (Fsp3) is 0.412. The maximum Gasteiger partial charge on any atom is 0.124 e. The van der Waals surface area contributed by atoms with Gasteiger partial charge in [-0.1, -0.05) is 13.0 Å². The van der Waals surface area contributed by atoms with E-state index in [-0.39, 0.29) is 0 Å². The van der Waals surface area contributed by atoms with Crippen molar-refractivity contribution in [3.05, 3.63) is 50.1 Å². The van der Waals surface area contributed by atoms with Gasteiger partial charge in [0, 0.05) is 10.5 Å². The second kappa shape index (κ2) is 6.95. The molecule has 1 aliphatic rings. The number of hydrogen-bond acceptors (Lipinski definition) is 3. The van der Waals surface area contributed by atoms with E-state index < -0.39 is 0 Å². The highest BCUT2D eigenvalue weighted by atomic mass is 79.9. The van der Waals surface area contributed by atoms with E-state index in [4.69, 9.17) is 4.74 Å². The Kier molecular flexibility index (Phi) is 4.99. The Morgan fingerprint density at radius 2 is 2.29 bits per heavy atom. The molecule has 0 bridgehead atoms. The number of halogens is 1. The highest BCUT2D eigenvalue weighted by molar-refractivity contribution is 9.10. The van der Waals surface area contributed by atoms with Gasteiger partial charge in [0.25, 0.3) is 0 Å². The third-order valence-corrected chi connectivity index (χ3v) is 5.84. The van der Waals surface area contributed by atoms with Crippen LogP contribution in [0.5, 0.6) is 5.75 Å². The SMILES string of the molecule is CCNC1CCCc2ccc(OCc3sccc3Br)cc21. The number of aryl methyl sites for hydroxylation is 1. The van der Waals surface area contributed by atoms with Crippen molar-refractivity contribution < 1.29 is 4.74 Å². The summed E-state index contributed by atoms with van der Waals surface area (Å²) in [7, 11) is 0. The predicted molar refractivity (Wildman–Crippen MR) is 92.1 cm³/mol. The van der Waals surface area contributed by atoms with Crippen LogP contribution in [0.25, 0.3) is 0 Å². The standard InChI is InChI=1S/C17H20BrNOS/c1-2-19-16-5-3-4-12-6-7-13(10-14(12)16)20-11-17-15(18)8-9-21-17/h6-10,16,19H,2-5,11H2,1H3. The molecule has 21 heavy (non-hydrogen) atoms. The number of hydrogen-bond donors (Lipinski definition) is 1. The first-order valence-electron chi connectivity index (χ1n) is 7.49. The van der Waals surface area contributed by atoms with E-state index in [0.717, 1.165) is 16.8 Å². The molecule has 1 aromatic heterocycles. The summed E-state index contributed by atoms with van der Waals surface area (Å²) in [6.07, 6.45) is 3.68. The molecule has 0 radical (unpaired) electrons. The largest absolute Gasteiger partial charge is 0.488 e. The van der Waals surface area contributed by atoms with Crippen molar-refractivity contribution in [1.29, 1.82) is 0 Å². The molecule has 0 aliphatic heterocycles. The first-order valence-corrected chi connectivity index (χ1v) is 9.16. The lowest BCUT2D eigenvalue weighted by atomic mass is 9.87. The molecule has 1 unspecified atom stereocenters. The fourth-order valence-corrected chi connectivity index (χ4v) is 4.28. The molecule has 0 fully saturated rings. The van der Waals surface area contributed by atoms with Gasteiger partial charge in [-0.05, 0) is 76.4 Å². The Labute approximate surface area is 138 Å². The van der Waals surface area contributed by atoms with Crippen LogP contribution in [0.4, 0.5) is 0 Å². The second-order valence-electron chi connectivity index (χ2n) is 5.34. The van der Waals surface area contributed by atoms with Crippen LogP contribution in [-0.2, 0) is 13.0 Å². The Bertz CT molecular complexity index is 611. The molecule has 3 rings (SSSR count). The van der Waals surface area contributed by atoms with Crippen molar-refractivity contribution in [3.63, 3.8) is 0 Å². The summed E-state index contributed by atoms with van der Waals surface area (Å²) in [6, 6.07) is 9.11. The summed E-state index contributed by atoms with van der Waals surface area (Å²) in [5, 5.41) is 5.67. The number of nitrogens with one attached hydrogen (secondary N) is 1. The molecular formula is C17H20BrNOS. The highest BCUT2D eigenvalue weighted by Gasteiger charge is 2.19. The first-order chi connectivity index (χ1) is 10.3. The fourth-order valence-electron chi connectivity index (χ4n) is 2.90. The third kappa shape index (κ3) is 3.50. The quantitative estimate of drug-likeness (QED) is 0.797. The van der Waals surface area contributed by atoms with Crippen molar-refractivity contribution in [2.45, 2.75) is 38.8 Å². The highest BCUT2D eigenvalue weighted by Crippen LogP contribution is 2.33. The Hall–Kier alpha value is -0.840. The van der Waals surface area contributed by atoms with Gasteiger partial charge in [0.15, 0.2) is 0 Å². The molecule has 0 amide bonds. The zero-order valence-electron chi connectivity index (χ0n) is 12.2. The Morgan fingerprint density at radius 1 is 1.38 bits per heavy atom. The van der Waals surface area contributed by atoms with E-state index in [9.17, 15) is 0 Å². The monoisotopic (exact) mass is 365 g/mol. The normalized spacial score (nSPS) is 17.5. The molecule has 1 heterocycles. The van der Waals surface area contributed by atoms with Gasteiger partial charge in [0.1, 0.15) is 12.4 Å². The van der Waals surface area contributed by atoms with Gasteiger partial charge < -0.3 is 10.1 Å². The van der Waals surface area contributed by atoms with Crippen LogP contribution in [0.15, 0.2) is 34.1 Å². The minimum Gasteiger partial charge on any atom is -0.488 e. The number of thiophene rings is 1. The van der Waals surface area contributed by atoms with Gasteiger partial charge in [-0.25, -0.2) is 0 Å². The lowest BCUT2D eigenvalue weighted by Gasteiger charge is -2.26. The van der Waals surface area contributed by atoms with Crippen molar-refractivity contribution in [2.75, 3.05) is 6.54 Å². The molecule has 4 heteroatoms. The van der Waals surface area contributed by atoms with Crippen molar-refractivity contribution in [1.82, 2.24) is 5.32 Å². The topological polar surface area (TPSA) is 21.3 Å². The Morgan fingerprint density at radius 3 is 3.05 bits per heavy atom. The molecular weight excluding hydrogens is 346 g/mol. The molecule has 2 aromatic rings. The average Bonchev–Trinajstić information content (AvgIpc) is 2.91. The van der Waals surface area contributed by atoms with Crippen LogP contribution in [0.1, 0.15) is 41.8 Å². The molecule has 1 N–H and O–H groups in total. The van der Waals surface area contributed by atoms with Gasteiger partial charge in [0.2, 0.25) is 0 Å². The number of benzene rings is 1. The zero-order chi connectivity index (χ0) is 14.7. The molecule has 2 nitrogen and oxygen atoms in total. The second-order valence-corrected chi connectivity index (χ2v) is 7.20. The molecule has 0 spiro atoms.